The van der Waals surface area contributed by atoms with Gasteiger partial charge >= 0.3 is 6.03 Å². The predicted octanol–water partition coefficient (Wildman–Crippen LogP) is 3.22. The topological polar surface area (TPSA) is 57.5 Å². The van der Waals surface area contributed by atoms with Gasteiger partial charge in [-0.1, -0.05) is 12.1 Å². The van der Waals surface area contributed by atoms with Crippen LogP contribution in [0.1, 0.15) is 24.1 Å². The minimum atomic E-state index is -0.148. The summed E-state index contributed by atoms with van der Waals surface area (Å²) in [5.41, 5.74) is 2.89. The fraction of sp³-hybridized carbons (Fsp3) is 0.312. The standard InChI is InChI=1S/C16H21N3O2/c1-12(17-2)14-5-4-6-15(9-14)18-16(20)19(3)10-13-7-8-21-11-13/h4-9,11-12,17H,10H2,1-3H3,(H,18,20). The highest BCUT2D eigenvalue weighted by Crippen LogP contribution is 2.17. The van der Waals surface area contributed by atoms with Crippen LogP contribution < -0.4 is 10.6 Å². The van der Waals surface area contributed by atoms with Gasteiger partial charge in [-0.2, -0.15) is 0 Å². The monoisotopic (exact) mass is 287 g/mol. The molecule has 0 aliphatic heterocycles. The normalized spacial score (nSPS) is 12.0. The van der Waals surface area contributed by atoms with E-state index in [1.165, 1.54) is 0 Å². The minimum Gasteiger partial charge on any atom is -0.472 e. The van der Waals surface area contributed by atoms with Gasteiger partial charge < -0.3 is 20.0 Å². The summed E-state index contributed by atoms with van der Waals surface area (Å²) >= 11 is 0. The summed E-state index contributed by atoms with van der Waals surface area (Å²) in [6, 6.07) is 9.77. The third-order valence-corrected chi connectivity index (χ3v) is 3.42. The maximum absolute atomic E-state index is 12.2. The number of rotatable bonds is 5. The summed E-state index contributed by atoms with van der Waals surface area (Å²) in [4.78, 5) is 13.8. The van der Waals surface area contributed by atoms with Gasteiger partial charge in [-0.05, 0) is 37.7 Å². The van der Waals surface area contributed by atoms with Gasteiger partial charge in [0.25, 0.3) is 0 Å². The molecule has 1 unspecified atom stereocenters. The lowest BCUT2D eigenvalue weighted by molar-refractivity contribution is 0.220. The molecule has 0 aliphatic rings. The highest BCUT2D eigenvalue weighted by atomic mass is 16.3. The first-order chi connectivity index (χ1) is 10.1. The zero-order chi connectivity index (χ0) is 15.2. The molecule has 0 radical (unpaired) electrons. The first-order valence-electron chi connectivity index (χ1n) is 6.90. The molecule has 2 aromatic rings. The van der Waals surface area contributed by atoms with E-state index in [9.17, 15) is 4.79 Å². The van der Waals surface area contributed by atoms with Crippen LogP contribution in [0, 0.1) is 0 Å². The molecule has 0 fully saturated rings. The first-order valence-corrected chi connectivity index (χ1v) is 6.90. The van der Waals surface area contributed by atoms with Crippen molar-refractivity contribution in [3.63, 3.8) is 0 Å². The van der Waals surface area contributed by atoms with Crippen LogP contribution in [0.4, 0.5) is 10.5 Å². The number of nitrogens with zero attached hydrogens (tertiary/aromatic N) is 1. The summed E-state index contributed by atoms with van der Waals surface area (Å²) in [6.45, 7) is 2.58. The smallest absolute Gasteiger partial charge is 0.321 e. The SMILES string of the molecule is CNC(C)c1cccc(NC(=O)N(C)Cc2ccoc2)c1. The molecule has 2 amide bonds. The number of carbonyl (C=O) groups excluding carboxylic acids is 1. The largest absolute Gasteiger partial charge is 0.472 e. The lowest BCUT2D eigenvalue weighted by atomic mass is 10.1. The molecule has 1 aromatic heterocycles. The van der Waals surface area contributed by atoms with Crippen LogP contribution in [0.2, 0.25) is 0 Å². The third-order valence-electron chi connectivity index (χ3n) is 3.42. The van der Waals surface area contributed by atoms with Crippen LogP contribution in [-0.4, -0.2) is 25.0 Å². The highest BCUT2D eigenvalue weighted by molar-refractivity contribution is 5.89. The summed E-state index contributed by atoms with van der Waals surface area (Å²) in [7, 11) is 3.66. The molecule has 0 spiro atoms. The minimum absolute atomic E-state index is 0.148. The molecule has 0 aliphatic carbocycles. The van der Waals surface area contributed by atoms with E-state index in [1.54, 1.807) is 24.5 Å². The number of furan rings is 1. The molecule has 112 valence electrons. The Hall–Kier alpha value is -2.27. The Kier molecular flexibility index (Phi) is 5.00. The molecule has 5 nitrogen and oxygen atoms in total. The van der Waals surface area contributed by atoms with Gasteiger partial charge in [-0.3, -0.25) is 0 Å². The number of anilines is 1. The van der Waals surface area contributed by atoms with E-state index in [0.29, 0.717) is 6.54 Å². The second-order valence-corrected chi connectivity index (χ2v) is 5.05. The Labute approximate surface area is 124 Å². The Morgan fingerprint density at radius 3 is 2.86 bits per heavy atom. The zero-order valence-electron chi connectivity index (χ0n) is 12.6. The molecule has 5 heteroatoms. The number of hydrogen-bond acceptors (Lipinski definition) is 3. The fourth-order valence-electron chi connectivity index (χ4n) is 2.00. The first kappa shape index (κ1) is 15.1. The van der Waals surface area contributed by atoms with Crippen molar-refractivity contribution in [2.24, 2.45) is 0 Å². The van der Waals surface area contributed by atoms with Crippen LogP contribution >= 0.6 is 0 Å². The lowest BCUT2D eigenvalue weighted by Crippen LogP contribution is -2.30. The van der Waals surface area contributed by atoms with Crippen molar-refractivity contribution in [1.82, 2.24) is 10.2 Å². The number of hydrogen-bond donors (Lipinski definition) is 2. The molecule has 0 saturated heterocycles. The van der Waals surface area contributed by atoms with E-state index in [-0.39, 0.29) is 12.1 Å². The summed E-state index contributed by atoms with van der Waals surface area (Å²) in [6.07, 6.45) is 3.24. The lowest BCUT2D eigenvalue weighted by Gasteiger charge is -2.18. The molecule has 21 heavy (non-hydrogen) atoms. The van der Waals surface area contributed by atoms with Crippen LogP contribution in [-0.2, 0) is 6.54 Å². The average Bonchev–Trinajstić information content (AvgIpc) is 2.99. The molecule has 2 N–H and O–H groups in total. The van der Waals surface area contributed by atoms with Crippen molar-refractivity contribution in [3.8, 4) is 0 Å². The summed E-state index contributed by atoms with van der Waals surface area (Å²) in [5.74, 6) is 0. The molecule has 1 aromatic carbocycles. The molecule has 0 saturated carbocycles. The summed E-state index contributed by atoms with van der Waals surface area (Å²) in [5, 5.41) is 6.08. The quantitative estimate of drug-likeness (QED) is 0.887. The maximum Gasteiger partial charge on any atom is 0.321 e. The highest BCUT2D eigenvalue weighted by Gasteiger charge is 2.11. The Bertz CT molecular complexity index is 581. The zero-order valence-corrected chi connectivity index (χ0v) is 12.6. The van der Waals surface area contributed by atoms with Crippen molar-refractivity contribution >= 4 is 11.7 Å². The van der Waals surface area contributed by atoms with Crippen LogP contribution in [0.15, 0.2) is 47.3 Å². The van der Waals surface area contributed by atoms with Gasteiger partial charge in [0.05, 0.1) is 19.1 Å². The van der Waals surface area contributed by atoms with Crippen LogP contribution in [0.3, 0.4) is 0 Å². The van der Waals surface area contributed by atoms with Crippen LogP contribution in [0.5, 0.6) is 0 Å². The van der Waals surface area contributed by atoms with Gasteiger partial charge in [-0.15, -0.1) is 0 Å². The Balaban J connectivity index is 1.98. The van der Waals surface area contributed by atoms with E-state index in [4.69, 9.17) is 4.42 Å². The van der Waals surface area contributed by atoms with E-state index >= 15 is 0 Å². The molecule has 0 bridgehead atoms. The summed E-state index contributed by atoms with van der Waals surface area (Å²) < 4.78 is 5.00. The average molecular weight is 287 g/mol. The van der Waals surface area contributed by atoms with E-state index in [2.05, 4.69) is 17.6 Å². The molecular formula is C16H21N3O2. The predicted molar refractivity (Wildman–Crippen MR) is 83.1 cm³/mol. The van der Waals surface area contributed by atoms with Crippen molar-refractivity contribution in [1.29, 1.82) is 0 Å². The van der Waals surface area contributed by atoms with E-state index in [0.717, 1.165) is 16.8 Å². The Morgan fingerprint density at radius 1 is 1.38 bits per heavy atom. The van der Waals surface area contributed by atoms with Gasteiger partial charge in [0.1, 0.15) is 0 Å². The van der Waals surface area contributed by atoms with Gasteiger partial charge in [0.2, 0.25) is 0 Å². The van der Waals surface area contributed by atoms with E-state index < -0.39 is 0 Å². The second-order valence-electron chi connectivity index (χ2n) is 5.05. The molecule has 2 rings (SSSR count). The molecular weight excluding hydrogens is 266 g/mol. The van der Waals surface area contributed by atoms with Crippen molar-refractivity contribution in [3.05, 3.63) is 54.0 Å². The number of nitrogens with one attached hydrogen (secondary N) is 2. The number of urea groups is 1. The van der Waals surface area contributed by atoms with Gasteiger partial charge in [-0.25, -0.2) is 4.79 Å². The van der Waals surface area contributed by atoms with Crippen molar-refractivity contribution in [2.75, 3.05) is 19.4 Å². The van der Waals surface area contributed by atoms with Crippen molar-refractivity contribution in [2.45, 2.75) is 19.5 Å². The van der Waals surface area contributed by atoms with Crippen molar-refractivity contribution < 1.29 is 9.21 Å². The number of carbonyl (C=O) groups is 1. The Morgan fingerprint density at radius 2 is 2.19 bits per heavy atom. The fourth-order valence-corrected chi connectivity index (χ4v) is 2.00. The van der Waals surface area contributed by atoms with Gasteiger partial charge in [0, 0.05) is 24.3 Å². The second kappa shape index (κ2) is 6.95. The van der Waals surface area contributed by atoms with E-state index in [1.807, 2.05) is 37.4 Å². The maximum atomic E-state index is 12.2. The number of benzene rings is 1. The molecule has 1 heterocycles. The molecule has 1 atom stereocenters. The third kappa shape index (κ3) is 4.10. The van der Waals surface area contributed by atoms with Gasteiger partial charge in [0.15, 0.2) is 0 Å². The van der Waals surface area contributed by atoms with Crippen LogP contribution in [0.25, 0.3) is 0 Å². The number of amides is 2.